The van der Waals surface area contributed by atoms with E-state index in [9.17, 15) is 19.2 Å². The van der Waals surface area contributed by atoms with Gasteiger partial charge in [-0.2, -0.15) is 9.97 Å². The van der Waals surface area contributed by atoms with Gasteiger partial charge in [0.25, 0.3) is 22.1 Å². The average molecular weight is 474 g/mol. The van der Waals surface area contributed by atoms with Crippen LogP contribution in [0, 0.1) is 0 Å². The van der Waals surface area contributed by atoms with Crippen molar-refractivity contribution in [1.82, 2.24) is 0 Å². The second-order valence-corrected chi connectivity index (χ2v) is 9.11. The van der Waals surface area contributed by atoms with E-state index in [1.54, 1.807) is 66.7 Å². The van der Waals surface area contributed by atoms with Crippen LogP contribution >= 0.6 is 12.6 Å². The minimum atomic E-state index is -0.279. The molecule has 0 saturated heterocycles. The van der Waals surface area contributed by atoms with Crippen LogP contribution in [0.1, 0.15) is 0 Å². The second-order valence-electron chi connectivity index (χ2n) is 8.63. The first-order valence-electron chi connectivity index (χ1n) is 10.9. The summed E-state index contributed by atoms with van der Waals surface area (Å²) >= 11 is 4.38. The van der Waals surface area contributed by atoms with Gasteiger partial charge in [0.1, 0.15) is 10.8 Å². The highest BCUT2D eigenvalue weighted by Crippen LogP contribution is 2.24. The van der Waals surface area contributed by atoms with Crippen LogP contribution < -0.4 is 31.7 Å². The Kier molecular flexibility index (Phi) is 3.86. The molecule has 0 aliphatic rings. The van der Waals surface area contributed by atoms with Gasteiger partial charge in [-0.25, -0.2) is 0 Å². The Morgan fingerprint density at radius 3 is 1.54 bits per heavy atom. The number of rotatable bonds is 0. The van der Waals surface area contributed by atoms with Crippen molar-refractivity contribution >= 4 is 77.8 Å². The van der Waals surface area contributed by atoms with Gasteiger partial charge in [0, 0.05) is 49.3 Å². The van der Waals surface area contributed by atoms with Gasteiger partial charge in [0.15, 0.2) is 10.9 Å². The maximum Gasteiger partial charge on any atom is 0.288 e. The summed E-state index contributed by atoms with van der Waals surface area (Å²) in [5.41, 5.74) is 1.00. The predicted molar refractivity (Wildman–Crippen MR) is 139 cm³/mol. The van der Waals surface area contributed by atoms with Gasteiger partial charge in [0.2, 0.25) is 10.9 Å². The van der Waals surface area contributed by atoms with Gasteiger partial charge >= 0.3 is 0 Å². The van der Waals surface area contributed by atoms with Crippen molar-refractivity contribution in [2.45, 2.75) is 4.90 Å². The summed E-state index contributed by atoms with van der Waals surface area (Å²) in [6, 6.07) is 18.4. The molecular formula is C28H14N2O4S+2. The number of thiol groups is 1. The second kappa shape index (κ2) is 6.77. The maximum atomic E-state index is 13.5. The van der Waals surface area contributed by atoms with Crippen LogP contribution in [-0.4, -0.2) is 0 Å². The fourth-order valence-corrected chi connectivity index (χ4v) is 5.50. The third kappa shape index (κ3) is 2.50. The molecule has 164 valence electrons. The van der Waals surface area contributed by atoms with Gasteiger partial charge in [-0.05, 0) is 18.2 Å². The number of hydrogen-bond donors (Lipinski definition) is 1. The van der Waals surface area contributed by atoms with Crippen molar-refractivity contribution in [2.24, 2.45) is 0 Å². The molecule has 2 N–H and O–H groups in total. The molecule has 0 bridgehead atoms. The summed E-state index contributed by atoms with van der Waals surface area (Å²) in [5, 5.41) is 2.51. The van der Waals surface area contributed by atoms with E-state index >= 15 is 0 Å². The molecule has 1 heterocycles. The average Bonchev–Trinajstić information content (AvgIpc) is 2.88. The quantitative estimate of drug-likeness (QED) is 0.208. The highest BCUT2D eigenvalue weighted by molar-refractivity contribution is 7.80. The molecule has 0 spiro atoms. The van der Waals surface area contributed by atoms with Crippen LogP contribution in [0.5, 0.6) is 0 Å². The predicted octanol–water partition coefficient (Wildman–Crippen LogP) is 2.84. The number of aromatic amines is 2. The summed E-state index contributed by atoms with van der Waals surface area (Å²) < 4.78 is 0. The number of hydrogen-bond acceptors (Lipinski definition) is 5. The van der Waals surface area contributed by atoms with Gasteiger partial charge in [-0.15, -0.1) is 12.6 Å². The van der Waals surface area contributed by atoms with Gasteiger partial charge in [0.05, 0.1) is 0 Å². The van der Waals surface area contributed by atoms with Crippen molar-refractivity contribution in [3.05, 3.63) is 108 Å². The van der Waals surface area contributed by atoms with Crippen molar-refractivity contribution in [3.63, 3.8) is 0 Å². The molecule has 0 atom stereocenters. The zero-order valence-electron chi connectivity index (χ0n) is 17.9. The van der Waals surface area contributed by atoms with E-state index in [0.717, 1.165) is 0 Å². The Morgan fingerprint density at radius 1 is 0.457 bits per heavy atom. The van der Waals surface area contributed by atoms with E-state index in [4.69, 9.17) is 0 Å². The number of aromatic nitrogens is 2. The van der Waals surface area contributed by atoms with E-state index in [1.807, 2.05) is 0 Å². The van der Waals surface area contributed by atoms with Gasteiger partial charge < -0.3 is 0 Å². The first-order chi connectivity index (χ1) is 17.0. The fraction of sp³-hybridized carbons (Fsp3) is 0. The maximum absolute atomic E-state index is 13.5. The zero-order valence-corrected chi connectivity index (χ0v) is 18.8. The summed E-state index contributed by atoms with van der Waals surface area (Å²) in [6.07, 6.45) is 0. The normalized spacial score (nSPS) is 12.0. The van der Waals surface area contributed by atoms with E-state index < -0.39 is 0 Å². The fourth-order valence-electron chi connectivity index (χ4n) is 5.19. The molecule has 7 aromatic rings. The van der Waals surface area contributed by atoms with E-state index in [2.05, 4.69) is 22.6 Å². The van der Waals surface area contributed by atoms with Crippen molar-refractivity contribution < 1.29 is 9.97 Å². The Bertz CT molecular complexity index is 2320. The SMILES string of the molecule is O=c1c2ccccc2c(=O)c2c1ccc1[nH+]c3c(ccc4c(=O)c5c(S)cccc5c(=O)c43)[nH+]c12. The lowest BCUT2D eigenvalue weighted by Gasteiger charge is -2.03. The molecule has 35 heavy (non-hydrogen) atoms. The van der Waals surface area contributed by atoms with Crippen LogP contribution in [0.2, 0.25) is 0 Å². The number of nitrogens with one attached hydrogen (secondary N) is 2. The zero-order chi connectivity index (χ0) is 24.0. The Hall–Kier alpha value is -4.49. The lowest BCUT2D eigenvalue weighted by Crippen LogP contribution is -2.24. The molecule has 7 heteroatoms. The van der Waals surface area contributed by atoms with Crippen LogP contribution in [0.4, 0.5) is 0 Å². The minimum Gasteiger partial charge on any atom is -0.289 e. The summed E-state index contributed by atoms with van der Waals surface area (Å²) in [6.45, 7) is 0. The molecular weight excluding hydrogens is 460 g/mol. The van der Waals surface area contributed by atoms with Gasteiger partial charge in [-0.1, -0.05) is 36.4 Å². The number of H-pyrrole nitrogens is 2. The Labute approximate surface area is 200 Å². The molecule has 0 saturated carbocycles. The molecule has 7 rings (SSSR count). The summed E-state index contributed by atoms with van der Waals surface area (Å²) in [4.78, 5) is 60.3. The van der Waals surface area contributed by atoms with E-state index in [1.165, 1.54) is 0 Å². The first-order valence-corrected chi connectivity index (χ1v) is 11.4. The smallest absolute Gasteiger partial charge is 0.288 e. The summed E-state index contributed by atoms with van der Waals surface area (Å²) in [5.74, 6) is 0. The Balaban J connectivity index is 1.72. The van der Waals surface area contributed by atoms with Crippen molar-refractivity contribution in [2.75, 3.05) is 0 Å². The third-order valence-electron chi connectivity index (χ3n) is 6.80. The number of fused-ring (bicyclic) bond motifs is 8. The van der Waals surface area contributed by atoms with Crippen LogP contribution in [0.3, 0.4) is 0 Å². The largest absolute Gasteiger partial charge is 0.289 e. The van der Waals surface area contributed by atoms with Crippen LogP contribution in [0.25, 0.3) is 65.2 Å². The molecule has 0 amide bonds. The van der Waals surface area contributed by atoms with E-state index in [-0.39, 0.29) is 32.5 Å². The standard InChI is InChI=1S/C28H12N2O4S/c31-25-12-4-1-2-5-13(12)26(32)21-15(25)8-10-17-23(21)29-18-11-9-16-22(24(18)30-17)28(34)14-6-3-7-19(35)20(14)27(16)33/h1-11,35H/p+2. The topological polar surface area (TPSA) is 96.6 Å². The molecule has 0 aliphatic heterocycles. The van der Waals surface area contributed by atoms with Gasteiger partial charge in [-0.3, -0.25) is 19.2 Å². The molecule has 0 fully saturated rings. The van der Waals surface area contributed by atoms with Crippen molar-refractivity contribution in [1.29, 1.82) is 0 Å². The minimum absolute atomic E-state index is 0.212. The molecule has 1 aromatic heterocycles. The molecule has 0 aliphatic carbocycles. The van der Waals surface area contributed by atoms with Crippen LogP contribution in [-0.2, 0) is 0 Å². The Morgan fingerprint density at radius 2 is 0.914 bits per heavy atom. The van der Waals surface area contributed by atoms with E-state index in [0.29, 0.717) is 59.3 Å². The molecule has 6 aromatic carbocycles. The highest BCUT2D eigenvalue weighted by atomic mass is 32.1. The first kappa shape index (κ1) is 19.9. The number of benzene rings is 6. The lowest BCUT2D eigenvalue weighted by atomic mass is 9.99. The lowest BCUT2D eigenvalue weighted by molar-refractivity contribution is -0.359. The van der Waals surface area contributed by atoms with Crippen molar-refractivity contribution in [3.8, 4) is 0 Å². The molecule has 0 radical (unpaired) electrons. The third-order valence-corrected chi connectivity index (χ3v) is 7.18. The van der Waals surface area contributed by atoms with Crippen LogP contribution in [0.15, 0.2) is 90.8 Å². The molecule has 0 unspecified atom stereocenters. The molecule has 6 nitrogen and oxygen atoms in total. The summed E-state index contributed by atoms with van der Waals surface area (Å²) in [7, 11) is 0. The highest BCUT2D eigenvalue weighted by Gasteiger charge is 2.25. The monoisotopic (exact) mass is 474 g/mol.